The van der Waals surface area contributed by atoms with E-state index in [9.17, 15) is 18.0 Å². The molecule has 210 valence electrons. The number of benzene rings is 3. The lowest BCUT2D eigenvalue weighted by Crippen LogP contribution is -2.43. The molecule has 40 heavy (non-hydrogen) atoms. The van der Waals surface area contributed by atoms with Crippen LogP contribution in [0.3, 0.4) is 0 Å². The molecule has 2 aliphatic rings. The van der Waals surface area contributed by atoms with E-state index in [0.29, 0.717) is 24.7 Å². The normalized spacial score (nSPS) is 18.5. The number of sulfone groups is 1. The molecule has 5 rings (SSSR count). The van der Waals surface area contributed by atoms with Crippen LogP contribution in [-0.4, -0.2) is 50.8 Å². The third kappa shape index (κ3) is 5.82. The number of hydrogen-bond acceptors (Lipinski definition) is 6. The molecule has 9 heteroatoms. The lowest BCUT2D eigenvalue weighted by atomic mass is 10.00. The van der Waals surface area contributed by atoms with Gasteiger partial charge in [-0.15, -0.1) is 0 Å². The fraction of sp³-hybridized carbons (Fsp3) is 0.355. The van der Waals surface area contributed by atoms with E-state index in [1.807, 2.05) is 30.3 Å². The molecule has 1 atom stereocenters. The van der Waals surface area contributed by atoms with Gasteiger partial charge >= 0.3 is 0 Å². The van der Waals surface area contributed by atoms with Gasteiger partial charge in [0.2, 0.25) is 9.84 Å². The summed E-state index contributed by atoms with van der Waals surface area (Å²) in [7, 11) is -4.01. The SMILES string of the molecule is CCC1CCCCN1CCCNC(=O)c1ccc2c(c1)N(NCc1ccccc1)C(=O)c1ccccc1S2(=O)=O. The quantitative estimate of drug-likeness (QED) is 0.372. The number of anilines is 1. The van der Waals surface area contributed by atoms with Gasteiger partial charge < -0.3 is 10.2 Å². The summed E-state index contributed by atoms with van der Waals surface area (Å²) in [6.07, 6.45) is 5.71. The first-order valence-electron chi connectivity index (χ1n) is 14.0. The van der Waals surface area contributed by atoms with Gasteiger partial charge in [-0.1, -0.05) is 55.8 Å². The standard InChI is InChI=1S/C31H36N4O4S/c1-2-25-13-8-9-19-34(25)20-10-18-32-30(36)24-16-17-29-27(21-24)35(33-22-23-11-4-3-5-12-23)31(37)26-14-6-7-15-28(26)40(29,38)39/h3-7,11-12,14-17,21,25,33H,2,8-10,13,18-20,22H2,1H3,(H,32,36). The number of hydrazine groups is 1. The molecule has 2 heterocycles. The van der Waals surface area contributed by atoms with Crippen LogP contribution in [0.4, 0.5) is 5.69 Å². The molecule has 0 aliphatic carbocycles. The Morgan fingerprint density at radius 2 is 1.75 bits per heavy atom. The average molecular weight is 561 g/mol. The highest BCUT2D eigenvalue weighted by atomic mass is 32.2. The van der Waals surface area contributed by atoms with Crippen molar-refractivity contribution in [2.75, 3.05) is 24.6 Å². The fourth-order valence-corrected chi connectivity index (χ4v) is 7.22. The molecule has 0 saturated carbocycles. The van der Waals surface area contributed by atoms with Gasteiger partial charge in [0.15, 0.2) is 0 Å². The Morgan fingerprint density at radius 3 is 2.55 bits per heavy atom. The Bertz CT molecular complexity index is 1480. The van der Waals surface area contributed by atoms with Gasteiger partial charge in [-0.05, 0) is 68.1 Å². The Hall–Kier alpha value is -3.53. The van der Waals surface area contributed by atoms with Crippen molar-refractivity contribution in [2.45, 2.75) is 61.4 Å². The van der Waals surface area contributed by atoms with E-state index in [4.69, 9.17) is 0 Å². The van der Waals surface area contributed by atoms with Crippen molar-refractivity contribution >= 4 is 27.3 Å². The van der Waals surface area contributed by atoms with Crippen molar-refractivity contribution in [3.63, 3.8) is 0 Å². The number of nitrogens with one attached hydrogen (secondary N) is 2. The Labute approximate surface area is 236 Å². The Balaban J connectivity index is 1.38. The van der Waals surface area contributed by atoms with Crippen LogP contribution >= 0.6 is 0 Å². The Kier molecular flexibility index (Phi) is 8.63. The topological polar surface area (TPSA) is 98.8 Å². The number of likely N-dealkylation sites (tertiary alicyclic amines) is 1. The maximum atomic E-state index is 13.7. The lowest BCUT2D eigenvalue weighted by Gasteiger charge is -2.35. The summed E-state index contributed by atoms with van der Waals surface area (Å²) < 4.78 is 27.3. The van der Waals surface area contributed by atoms with E-state index in [2.05, 4.69) is 22.6 Å². The van der Waals surface area contributed by atoms with Gasteiger partial charge in [0.1, 0.15) is 0 Å². The van der Waals surface area contributed by atoms with Crippen LogP contribution in [0, 0.1) is 0 Å². The number of piperidine rings is 1. The van der Waals surface area contributed by atoms with E-state index in [-0.39, 0.29) is 26.9 Å². The van der Waals surface area contributed by atoms with Gasteiger partial charge in [-0.25, -0.2) is 18.9 Å². The predicted octanol–water partition coefficient (Wildman–Crippen LogP) is 4.57. The maximum absolute atomic E-state index is 13.7. The molecule has 0 bridgehead atoms. The minimum Gasteiger partial charge on any atom is -0.352 e. The van der Waals surface area contributed by atoms with E-state index >= 15 is 0 Å². The van der Waals surface area contributed by atoms with Gasteiger partial charge in [0.05, 0.1) is 21.0 Å². The first kappa shape index (κ1) is 28.0. The molecule has 0 aromatic heterocycles. The summed E-state index contributed by atoms with van der Waals surface area (Å²) in [4.78, 5) is 29.3. The summed E-state index contributed by atoms with van der Waals surface area (Å²) in [5.41, 5.74) is 4.53. The first-order valence-corrected chi connectivity index (χ1v) is 15.5. The molecule has 2 N–H and O–H groups in total. The van der Waals surface area contributed by atoms with Crippen molar-refractivity contribution in [3.05, 3.63) is 89.5 Å². The van der Waals surface area contributed by atoms with Crippen LogP contribution < -0.4 is 15.8 Å². The second-order valence-corrected chi connectivity index (χ2v) is 12.2. The number of amides is 2. The average Bonchev–Trinajstić information content (AvgIpc) is 3.05. The number of rotatable bonds is 9. The highest BCUT2D eigenvalue weighted by molar-refractivity contribution is 7.91. The summed E-state index contributed by atoms with van der Waals surface area (Å²) in [5, 5.41) is 4.23. The van der Waals surface area contributed by atoms with Gasteiger partial charge in [0, 0.05) is 31.2 Å². The van der Waals surface area contributed by atoms with Crippen LogP contribution in [0.5, 0.6) is 0 Å². The number of carbonyl (C=O) groups excluding carboxylic acids is 2. The molecule has 8 nitrogen and oxygen atoms in total. The number of hydrogen-bond donors (Lipinski definition) is 2. The van der Waals surface area contributed by atoms with Gasteiger partial charge in [0.25, 0.3) is 11.8 Å². The highest BCUT2D eigenvalue weighted by Gasteiger charge is 2.36. The molecule has 2 amide bonds. The maximum Gasteiger partial charge on any atom is 0.274 e. The van der Waals surface area contributed by atoms with Gasteiger partial charge in [-0.2, -0.15) is 0 Å². The Morgan fingerprint density at radius 1 is 0.975 bits per heavy atom. The predicted molar refractivity (Wildman–Crippen MR) is 155 cm³/mol. The minimum atomic E-state index is -4.01. The second kappa shape index (κ2) is 12.3. The lowest BCUT2D eigenvalue weighted by molar-refractivity contribution is 0.0942. The van der Waals surface area contributed by atoms with Crippen LogP contribution in [-0.2, 0) is 16.4 Å². The van der Waals surface area contributed by atoms with Crippen molar-refractivity contribution < 1.29 is 18.0 Å². The van der Waals surface area contributed by atoms with Crippen molar-refractivity contribution in [3.8, 4) is 0 Å². The molecule has 1 unspecified atom stereocenters. The summed E-state index contributed by atoms with van der Waals surface area (Å²) >= 11 is 0. The molecule has 0 radical (unpaired) electrons. The molecule has 3 aromatic carbocycles. The third-order valence-electron chi connectivity index (χ3n) is 7.77. The van der Waals surface area contributed by atoms with Crippen molar-refractivity contribution in [1.29, 1.82) is 0 Å². The van der Waals surface area contributed by atoms with Crippen molar-refractivity contribution in [2.24, 2.45) is 0 Å². The fourth-order valence-electron chi connectivity index (χ4n) is 5.61. The summed E-state index contributed by atoms with van der Waals surface area (Å²) in [5.74, 6) is -0.804. The highest BCUT2D eigenvalue weighted by Crippen LogP contribution is 2.36. The minimum absolute atomic E-state index is 0.0291. The molecule has 0 spiro atoms. The third-order valence-corrected chi connectivity index (χ3v) is 9.63. The molecular weight excluding hydrogens is 524 g/mol. The first-order chi connectivity index (χ1) is 19.4. The summed E-state index contributed by atoms with van der Waals surface area (Å²) in [6.45, 7) is 5.07. The van der Waals surface area contributed by atoms with Crippen LogP contribution in [0.15, 0.2) is 82.6 Å². The van der Waals surface area contributed by atoms with E-state index in [1.165, 1.54) is 54.6 Å². The monoisotopic (exact) mass is 560 g/mol. The zero-order chi connectivity index (χ0) is 28.1. The number of nitrogens with zero attached hydrogens (tertiary/aromatic N) is 2. The van der Waals surface area contributed by atoms with E-state index in [1.54, 1.807) is 12.1 Å². The molecular formula is C31H36N4O4S. The smallest absolute Gasteiger partial charge is 0.274 e. The zero-order valence-corrected chi connectivity index (χ0v) is 23.6. The van der Waals surface area contributed by atoms with Gasteiger partial charge in [-0.3, -0.25) is 9.59 Å². The summed E-state index contributed by atoms with van der Waals surface area (Å²) in [6, 6.07) is 20.8. The van der Waals surface area contributed by atoms with E-state index < -0.39 is 15.7 Å². The van der Waals surface area contributed by atoms with Crippen molar-refractivity contribution in [1.82, 2.24) is 15.6 Å². The molecule has 3 aromatic rings. The largest absolute Gasteiger partial charge is 0.352 e. The number of fused-ring (bicyclic) bond motifs is 2. The molecule has 1 fully saturated rings. The number of carbonyl (C=O) groups is 2. The zero-order valence-electron chi connectivity index (χ0n) is 22.8. The molecule has 2 aliphatic heterocycles. The second-order valence-electron chi connectivity index (χ2n) is 10.3. The van der Waals surface area contributed by atoms with Crippen LogP contribution in [0.1, 0.15) is 65.3 Å². The van der Waals surface area contributed by atoms with Crippen LogP contribution in [0.25, 0.3) is 0 Å². The molecule has 1 saturated heterocycles. The van der Waals surface area contributed by atoms with E-state index in [0.717, 1.165) is 31.5 Å². The van der Waals surface area contributed by atoms with Crippen LogP contribution in [0.2, 0.25) is 0 Å².